The van der Waals surface area contributed by atoms with Crippen molar-refractivity contribution in [3.63, 3.8) is 0 Å². The number of nitrogens with zero attached hydrogens (tertiary/aromatic N) is 2. The van der Waals surface area contributed by atoms with Crippen molar-refractivity contribution in [3.05, 3.63) is 11.1 Å². The molecule has 2 saturated carbocycles. The summed E-state index contributed by atoms with van der Waals surface area (Å²) >= 11 is 1.38. The molecule has 0 saturated heterocycles. The summed E-state index contributed by atoms with van der Waals surface area (Å²) in [5, 5.41) is 2.47. The van der Waals surface area contributed by atoms with Gasteiger partial charge in [0.05, 0.1) is 11.6 Å². The van der Waals surface area contributed by atoms with Crippen molar-refractivity contribution in [2.24, 2.45) is 17.8 Å². The zero-order valence-electron chi connectivity index (χ0n) is 12.4. The average molecular weight is 308 g/mol. The predicted octanol–water partition coefficient (Wildman–Crippen LogP) is 2.61. The molecule has 6 heteroatoms. The molecule has 3 atom stereocenters. The second kappa shape index (κ2) is 5.75. The van der Waals surface area contributed by atoms with E-state index >= 15 is 0 Å². The topological polar surface area (TPSA) is 59.5 Å². The number of carbonyl (C=O) groups is 2. The van der Waals surface area contributed by atoms with Gasteiger partial charge in [0.1, 0.15) is 6.61 Å². The van der Waals surface area contributed by atoms with Gasteiger partial charge in [-0.15, -0.1) is 11.3 Å². The Morgan fingerprint density at radius 2 is 2.24 bits per heavy atom. The van der Waals surface area contributed by atoms with Crippen LogP contribution in [0.2, 0.25) is 0 Å². The lowest BCUT2D eigenvalue weighted by Gasteiger charge is -2.19. The predicted molar refractivity (Wildman–Crippen MR) is 79.9 cm³/mol. The van der Waals surface area contributed by atoms with Crippen molar-refractivity contribution in [2.75, 3.05) is 11.9 Å². The van der Waals surface area contributed by atoms with E-state index in [-0.39, 0.29) is 24.4 Å². The highest BCUT2D eigenvalue weighted by molar-refractivity contribution is 7.14. The smallest absolute Gasteiger partial charge is 0.309 e. The fraction of sp³-hybridized carbons (Fsp3) is 0.667. The summed E-state index contributed by atoms with van der Waals surface area (Å²) in [5.74, 6) is 1.24. The summed E-state index contributed by atoms with van der Waals surface area (Å²) in [5.41, 5.74) is 0.708. The monoisotopic (exact) mass is 308 g/mol. The van der Waals surface area contributed by atoms with Gasteiger partial charge in [-0.05, 0) is 31.1 Å². The fourth-order valence-electron chi connectivity index (χ4n) is 3.44. The van der Waals surface area contributed by atoms with Gasteiger partial charge in [0, 0.05) is 19.4 Å². The summed E-state index contributed by atoms with van der Waals surface area (Å²) in [6.07, 6.45) is 4.65. The van der Waals surface area contributed by atoms with Gasteiger partial charge < -0.3 is 4.74 Å². The second-order valence-corrected chi connectivity index (χ2v) is 6.93. The molecule has 3 rings (SSSR count). The molecule has 1 amide bonds. The SMILES string of the molecule is CC(=O)N(C)c1nc(COC(=O)[C@H]2C[C@H]3CC[C@H]2C3)cs1. The lowest BCUT2D eigenvalue weighted by Crippen LogP contribution is -2.23. The third-order valence-corrected chi connectivity index (χ3v) is 5.67. The first-order valence-electron chi connectivity index (χ1n) is 7.40. The van der Waals surface area contributed by atoms with E-state index in [9.17, 15) is 9.59 Å². The first kappa shape index (κ1) is 14.5. The number of carbonyl (C=O) groups excluding carboxylic acids is 2. The van der Waals surface area contributed by atoms with Crippen molar-refractivity contribution < 1.29 is 14.3 Å². The Hall–Kier alpha value is -1.43. The van der Waals surface area contributed by atoms with E-state index in [0.29, 0.717) is 16.7 Å². The molecule has 2 bridgehead atoms. The molecule has 2 fully saturated rings. The molecule has 1 heterocycles. The Balaban J connectivity index is 1.53. The lowest BCUT2D eigenvalue weighted by molar-refractivity contribution is -0.151. The largest absolute Gasteiger partial charge is 0.459 e. The molecule has 2 aliphatic carbocycles. The summed E-state index contributed by atoms with van der Waals surface area (Å²) in [4.78, 5) is 29.2. The van der Waals surface area contributed by atoms with Crippen molar-refractivity contribution in [1.82, 2.24) is 4.98 Å². The quantitative estimate of drug-likeness (QED) is 0.802. The molecule has 0 aliphatic heterocycles. The van der Waals surface area contributed by atoms with Crippen molar-refractivity contribution in [3.8, 4) is 0 Å². The maximum absolute atomic E-state index is 12.1. The Kier molecular flexibility index (Phi) is 3.97. The fourth-order valence-corrected chi connectivity index (χ4v) is 4.26. The van der Waals surface area contributed by atoms with Crippen LogP contribution in [-0.4, -0.2) is 23.9 Å². The minimum absolute atomic E-state index is 0.0603. The van der Waals surface area contributed by atoms with E-state index in [1.165, 1.54) is 42.4 Å². The van der Waals surface area contributed by atoms with Gasteiger partial charge in [-0.2, -0.15) is 0 Å². The highest BCUT2D eigenvalue weighted by Gasteiger charge is 2.43. The Morgan fingerprint density at radius 3 is 2.86 bits per heavy atom. The molecular weight excluding hydrogens is 288 g/mol. The number of fused-ring (bicyclic) bond motifs is 2. The van der Waals surface area contributed by atoms with Gasteiger partial charge in [0.25, 0.3) is 0 Å². The van der Waals surface area contributed by atoms with E-state index in [1.807, 2.05) is 5.38 Å². The van der Waals surface area contributed by atoms with E-state index in [2.05, 4.69) is 4.98 Å². The molecule has 1 aromatic heterocycles. The van der Waals surface area contributed by atoms with Crippen molar-refractivity contribution in [2.45, 2.75) is 39.2 Å². The zero-order valence-corrected chi connectivity index (χ0v) is 13.2. The molecule has 0 unspecified atom stereocenters. The number of ether oxygens (including phenoxy) is 1. The number of esters is 1. The van der Waals surface area contributed by atoms with Crippen LogP contribution in [0, 0.1) is 17.8 Å². The number of thiazole rings is 1. The third-order valence-electron chi connectivity index (χ3n) is 4.70. The van der Waals surface area contributed by atoms with Crippen LogP contribution >= 0.6 is 11.3 Å². The Labute approximate surface area is 128 Å². The van der Waals surface area contributed by atoms with Crippen LogP contribution in [0.1, 0.15) is 38.3 Å². The van der Waals surface area contributed by atoms with Crippen LogP contribution in [-0.2, 0) is 20.9 Å². The third kappa shape index (κ3) is 2.95. The maximum atomic E-state index is 12.1. The number of rotatable bonds is 4. The summed E-state index contributed by atoms with van der Waals surface area (Å²) in [7, 11) is 1.69. The van der Waals surface area contributed by atoms with E-state index in [1.54, 1.807) is 7.05 Å². The lowest BCUT2D eigenvalue weighted by atomic mass is 9.89. The Morgan fingerprint density at radius 1 is 1.43 bits per heavy atom. The van der Waals surface area contributed by atoms with Gasteiger partial charge in [-0.3, -0.25) is 14.5 Å². The molecule has 2 aliphatic rings. The van der Waals surface area contributed by atoms with Gasteiger partial charge in [0.15, 0.2) is 5.13 Å². The Bertz CT molecular complexity index is 557. The van der Waals surface area contributed by atoms with Crippen LogP contribution in [0.3, 0.4) is 0 Å². The first-order chi connectivity index (χ1) is 10.0. The molecule has 0 aromatic carbocycles. The minimum atomic E-state index is -0.0725. The highest BCUT2D eigenvalue weighted by Crippen LogP contribution is 2.48. The molecule has 21 heavy (non-hydrogen) atoms. The molecule has 0 N–H and O–H groups in total. The molecular formula is C15H20N2O3S. The summed E-state index contributed by atoms with van der Waals surface area (Å²) in [6.45, 7) is 1.70. The van der Waals surface area contributed by atoms with Gasteiger partial charge in [-0.1, -0.05) is 6.42 Å². The van der Waals surface area contributed by atoms with Crippen LogP contribution in [0.25, 0.3) is 0 Å². The van der Waals surface area contributed by atoms with E-state index < -0.39 is 0 Å². The molecule has 0 radical (unpaired) electrons. The highest BCUT2D eigenvalue weighted by atomic mass is 32.1. The molecule has 1 aromatic rings. The molecule has 5 nitrogen and oxygen atoms in total. The maximum Gasteiger partial charge on any atom is 0.309 e. The minimum Gasteiger partial charge on any atom is -0.459 e. The number of aromatic nitrogens is 1. The van der Waals surface area contributed by atoms with Crippen LogP contribution in [0.4, 0.5) is 5.13 Å². The average Bonchev–Trinajstić information content (AvgIpc) is 3.19. The summed E-state index contributed by atoms with van der Waals surface area (Å²) in [6, 6.07) is 0. The summed E-state index contributed by atoms with van der Waals surface area (Å²) < 4.78 is 5.42. The number of hydrogen-bond donors (Lipinski definition) is 0. The number of amides is 1. The van der Waals surface area contributed by atoms with E-state index in [4.69, 9.17) is 4.74 Å². The second-order valence-electron chi connectivity index (χ2n) is 6.09. The number of anilines is 1. The first-order valence-corrected chi connectivity index (χ1v) is 8.28. The molecule has 0 spiro atoms. The van der Waals surface area contributed by atoms with Gasteiger partial charge >= 0.3 is 5.97 Å². The molecule has 114 valence electrons. The van der Waals surface area contributed by atoms with Crippen LogP contribution < -0.4 is 4.90 Å². The van der Waals surface area contributed by atoms with Crippen LogP contribution in [0.5, 0.6) is 0 Å². The van der Waals surface area contributed by atoms with Gasteiger partial charge in [0.2, 0.25) is 5.91 Å². The number of hydrogen-bond acceptors (Lipinski definition) is 5. The van der Waals surface area contributed by atoms with Gasteiger partial charge in [-0.25, -0.2) is 4.98 Å². The van der Waals surface area contributed by atoms with Crippen LogP contribution in [0.15, 0.2) is 5.38 Å². The van der Waals surface area contributed by atoms with E-state index in [0.717, 1.165) is 12.3 Å². The standard InChI is InChI=1S/C15H20N2O3S/c1-9(18)17(2)15-16-12(8-21-15)7-20-14(19)13-6-10-3-4-11(13)5-10/h8,10-11,13H,3-7H2,1-2H3/t10-,11-,13-/m0/s1. The normalized spacial score (nSPS) is 26.9. The zero-order chi connectivity index (χ0) is 15.0. The van der Waals surface area contributed by atoms with Crippen molar-refractivity contribution in [1.29, 1.82) is 0 Å². The van der Waals surface area contributed by atoms with Crippen molar-refractivity contribution >= 4 is 28.3 Å².